The summed E-state index contributed by atoms with van der Waals surface area (Å²) in [5, 5.41) is 0.780. The van der Waals surface area contributed by atoms with Gasteiger partial charge in [0.25, 0.3) is 5.82 Å². The van der Waals surface area contributed by atoms with E-state index in [1.165, 1.54) is 5.56 Å². The minimum absolute atomic E-state index is 0.270. The molecule has 3 heterocycles. The van der Waals surface area contributed by atoms with Crippen LogP contribution in [0.3, 0.4) is 0 Å². The van der Waals surface area contributed by atoms with Crippen LogP contribution in [0.15, 0.2) is 42.5 Å². The Morgan fingerprint density at radius 3 is 2.66 bits per heavy atom. The number of anilines is 1. The van der Waals surface area contributed by atoms with Crippen molar-refractivity contribution in [2.24, 2.45) is 0 Å². The molecule has 152 valence electrons. The molecule has 2 atom stereocenters. The number of halogens is 1. The summed E-state index contributed by atoms with van der Waals surface area (Å²) in [5.74, 6) is 1.39. The highest BCUT2D eigenvalue weighted by Gasteiger charge is 2.34. The van der Waals surface area contributed by atoms with Gasteiger partial charge in [0.1, 0.15) is 0 Å². The normalized spacial score (nSPS) is 23.7. The van der Waals surface area contributed by atoms with Crippen molar-refractivity contribution in [1.29, 1.82) is 0 Å². The lowest BCUT2D eigenvalue weighted by atomic mass is 9.96. The van der Waals surface area contributed by atoms with E-state index in [-0.39, 0.29) is 6.10 Å². The number of pyridine rings is 1. The Balaban J connectivity index is 1.41. The van der Waals surface area contributed by atoms with Crippen molar-refractivity contribution in [2.75, 3.05) is 31.1 Å². The zero-order chi connectivity index (χ0) is 20.2. The van der Waals surface area contributed by atoms with Gasteiger partial charge in [-0.05, 0) is 49.9 Å². The van der Waals surface area contributed by atoms with E-state index in [9.17, 15) is 0 Å². The first-order chi connectivity index (χ1) is 14.1. The Hall–Kier alpha value is -2.13. The Morgan fingerprint density at radius 2 is 1.93 bits per heavy atom. The second-order valence-corrected chi connectivity index (χ2v) is 8.45. The smallest absolute Gasteiger partial charge is 0.271 e. The van der Waals surface area contributed by atoms with Gasteiger partial charge in [0.05, 0.1) is 12.7 Å². The molecule has 4 rings (SSSR count). The molecule has 1 aromatic carbocycles. The third-order valence-corrected chi connectivity index (χ3v) is 6.24. The van der Waals surface area contributed by atoms with Crippen molar-refractivity contribution >= 4 is 23.2 Å². The summed E-state index contributed by atoms with van der Waals surface area (Å²) in [5.41, 5.74) is 1.31. The van der Waals surface area contributed by atoms with Crippen LogP contribution >= 0.6 is 11.6 Å². The molecule has 0 N–H and O–H groups in total. The third kappa shape index (κ3) is 4.90. The van der Waals surface area contributed by atoms with E-state index in [2.05, 4.69) is 38.7 Å². The molecule has 5 nitrogen and oxygen atoms in total. The summed E-state index contributed by atoms with van der Waals surface area (Å²) in [6.45, 7) is 13.0. The summed E-state index contributed by atoms with van der Waals surface area (Å²) >= 11 is 6.05. The SMILES string of the molecule is [C-]#[N+]c1cccc(N2CCC(N3C[C@H](C)OC[C@@H]3Cc3ccc(Cl)cc3)CC2)n1. The number of nitrogens with zero attached hydrogens (tertiary/aromatic N) is 4. The predicted molar refractivity (Wildman–Crippen MR) is 117 cm³/mol. The van der Waals surface area contributed by atoms with E-state index < -0.39 is 0 Å². The molecular weight excluding hydrogens is 384 g/mol. The molecule has 0 aliphatic carbocycles. The van der Waals surface area contributed by atoms with Crippen molar-refractivity contribution < 1.29 is 4.74 Å². The molecule has 2 aliphatic rings. The zero-order valence-corrected chi connectivity index (χ0v) is 17.6. The fourth-order valence-electron chi connectivity index (χ4n) is 4.46. The molecular formula is C23H27ClN4O. The van der Waals surface area contributed by atoms with Gasteiger partial charge in [-0.1, -0.05) is 36.4 Å². The van der Waals surface area contributed by atoms with E-state index >= 15 is 0 Å². The highest BCUT2D eigenvalue weighted by molar-refractivity contribution is 6.30. The van der Waals surface area contributed by atoms with Crippen LogP contribution in [0.1, 0.15) is 25.3 Å². The topological polar surface area (TPSA) is 33.0 Å². The number of piperidine rings is 1. The van der Waals surface area contributed by atoms with E-state index in [1.54, 1.807) is 6.07 Å². The van der Waals surface area contributed by atoms with Gasteiger partial charge < -0.3 is 14.5 Å². The quantitative estimate of drug-likeness (QED) is 0.690. The molecule has 2 fully saturated rings. The van der Waals surface area contributed by atoms with Gasteiger partial charge in [0.2, 0.25) is 5.82 Å². The average Bonchev–Trinajstić information content (AvgIpc) is 2.76. The fourth-order valence-corrected chi connectivity index (χ4v) is 4.59. The second-order valence-electron chi connectivity index (χ2n) is 8.01. The van der Waals surface area contributed by atoms with Crippen molar-refractivity contribution in [1.82, 2.24) is 9.88 Å². The van der Waals surface area contributed by atoms with Gasteiger partial charge in [-0.3, -0.25) is 4.90 Å². The molecule has 0 spiro atoms. The van der Waals surface area contributed by atoms with Crippen LogP contribution < -0.4 is 4.90 Å². The molecule has 2 aliphatic heterocycles. The predicted octanol–water partition coefficient (Wildman–Crippen LogP) is 4.59. The second kappa shape index (κ2) is 9.13. The molecule has 1 aromatic heterocycles. The van der Waals surface area contributed by atoms with Gasteiger partial charge in [-0.2, -0.15) is 0 Å². The van der Waals surface area contributed by atoms with Gasteiger partial charge in [-0.15, -0.1) is 4.98 Å². The number of hydrogen-bond acceptors (Lipinski definition) is 4. The zero-order valence-electron chi connectivity index (χ0n) is 16.8. The van der Waals surface area contributed by atoms with Crippen molar-refractivity contribution in [3.05, 3.63) is 64.5 Å². The Kier molecular flexibility index (Phi) is 6.34. The van der Waals surface area contributed by atoms with Gasteiger partial charge in [0, 0.05) is 42.8 Å². The van der Waals surface area contributed by atoms with Crippen molar-refractivity contribution in [3.63, 3.8) is 0 Å². The minimum Gasteiger partial charge on any atom is -0.376 e. The van der Waals surface area contributed by atoms with Crippen LogP contribution in [0.2, 0.25) is 5.02 Å². The number of ether oxygens (including phenoxy) is 1. The number of benzene rings is 1. The average molecular weight is 411 g/mol. The lowest BCUT2D eigenvalue weighted by Crippen LogP contribution is -2.56. The highest BCUT2D eigenvalue weighted by atomic mass is 35.5. The standard InChI is InChI=1S/C23H27ClN4O/c1-17-15-28(21(16-29-17)14-18-6-8-19(24)9-7-18)20-10-12-27(13-11-20)23-5-3-4-22(25-2)26-23/h3-9,17,20-21H,10-16H2,1H3/t17-,21-/m0/s1. The summed E-state index contributed by atoms with van der Waals surface area (Å²) in [4.78, 5) is 12.9. The van der Waals surface area contributed by atoms with E-state index in [0.717, 1.165) is 56.3 Å². The van der Waals surface area contributed by atoms with Crippen LogP contribution in [0.5, 0.6) is 0 Å². The van der Waals surface area contributed by atoms with E-state index in [0.29, 0.717) is 17.9 Å². The number of aromatic nitrogens is 1. The summed E-state index contributed by atoms with van der Waals surface area (Å²) < 4.78 is 6.01. The minimum atomic E-state index is 0.270. The molecule has 6 heteroatoms. The largest absolute Gasteiger partial charge is 0.376 e. The molecule has 2 saturated heterocycles. The Labute approximate surface area is 178 Å². The molecule has 2 aromatic rings. The Morgan fingerprint density at radius 1 is 1.17 bits per heavy atom. The molecule has 29 heavy (non-hydrogen) atoms. The number of hydrogen-bond donors (Lipinski definition) is 0. The first-order valence-electron chi connectivity index (χ1n) is 10.3. The molecule has 0 radical (unpaired) electrons. The molecule has 0 saturated carbocycles. The molecule has 0 bridgehead atoms. The van der Waals surface area contributed by atoms with E-state index in [1.807, 2.05) is 24.3 Å². The third-order valence-electron chi connectivity index (χ3n) is 5.99. The molecule has 0 amide bonds. The number of rotatable bonds is 4. The van der Waals surface area contributed by atoms with Crippen LogP contribution in [0, 0.1) is 6.57 Å². The Bertz CT molecular complexity index is 858. The van der Waals surface area contributed by atoms with Crippen molar-refractivity contribution in [2.45, 2.75) is 44.4 Å². The van der Waals surface area contributed by atoms with Crippen LogP contribution in [0.4, 0.5) is 11.6 Å². The van der Waals surface area contributed by atoms with Crippen molar-refractivity contribution in [3.8, 4) is 0 Å². The van der Waals surface area contributed by atoms with Crippen LogP contribution in [-0.4, -0.2) is 54.3 Å². The maximum atomic E-state index is 7.18. The molecule has 0 unspecified atom stereocenters. The first-order valence-corrected chi connectivity index (χ1v) is 10.7. The van der Waals surface area contributed by atoms with Gasteiger partial charge in [-0.25, -0.2) is 0 Å². The van der Waals surface area contributed by atoms with Crippen LogP contribution in [-0.2, 0) is 11.2 Å². The summed E-state index contributed by atoms with van der Waals surface area (Å²) in [7, 11) is 0. The lowest BCUT2D eigenvalue weighted by Gasteiger charge is -2.46. The first kappa shape index (κ1) is 20.2. The summed E-state index contributed by atoms with van der Waals surface area (Å²) in [6, 6.07) is 14.8. The fraction of sp³-hybridized carbons (Fsp3) is 0.478. The van der Waals surface area contributed by atoms with Crippen LogP contribution in [0.25, 0.3) is 4.85 Å². The number of morpholine rings is 1. The maximum absolute atomic E-state index is 7.18. The monoisotopic (exact) mass is 410 g/mol. The maximum Gasteiger partial charge on any atom is 0.271 e. The highest BCUT2D eigenvalue weighted by Crippen LogP contribution is 2.27. The lowest BCUT2D eigenvalue weighted by molar-refractivity contribution is -0.0745. The van der Waals surface area contributed by atoms with Gasteiger partial charge >= 0.3 is 0 Å². The van der Waals surface area contributed by atoms with E-state index in [4.69, 9.17) is 22.9 Å². The summed E-state index contributed by atoms with van der Waals surface area (Å²) in [6.07, 6.45) is 3.46. The van der Waals surface area contributed by atoms with Gasteiger partial charge in [0.15, 0.2) is 0 Å².